The molecule has 1 radical (unpaired) electrons. The molecule has 0 spiro atoms. The maximum atomic E-state index is 2.08. The summed E-state index contributed by atoms with van der Waals surface area (Å²) >= 11 is 0. The summed E-state index contributed by atoms with van der Waals surface area (Å²) in [6.07, 6.45) is 14.1. The summed E-state index contributed by atoms with van der Waals surface area (Å²) in [6, 6.07) is 10.3. The Labute approximate surface area is 106 Å². The second-order valence-corrected chi connectivity index (χ2v) is 2.87. The first-order valence-electron chi connectivity index (χ1n) is 4.78. The topological polar surface area (TPSA) is 0 Å². The van der Waals surface area contributed by atoms with Crippen LogP contribution in [0.15, 0.2) is 60.7 Å². The van der Waals surface area contributed by atoms with Crippen LogP contribution in [0, 0.1) is 6.42 Å². The van der Waals surface area contributed by atoms with Gasteiger partial charge in [-0.05, 0) is 12.5 Å². The normalized spacial score (nSPS) is 12.1. The second kappa shape index (κ2) is 9.65. The van der Waals surface area contributed by atoms with Crippen LogP contribution in [0.4, 0.5) is 0 Å². The molecule has 0 atom stereocenters. The Kier molecular flexibility index (Phi) is 9.07. The van der Waals surface area contributed by atoms with E-state index in [1.54, 1.807) is 0 Å². The van der Waals surface area contributed by atoms with Gasteiger partial charge in [0.15, 0.2) is 0 Å². The number of allylic oxidation sites excluding steroid dienone is 5. The van der Waals surface area contributed by atoms with Crippen LogP contribution in [0.1, 0.15) is 12.5 Å². The fourth-order valence-electron chi connectivity index (χ4n) is 1.08. The smallest absolute Gasteiger partial charge is 0.00506 e. The molecule has 1 aliphatic carbocycles. The molecule has 2 rings (SSSR count). The first kappa shape index (κ1) is 14.1. The quantitative estimate of drug-likeness (QED) is 0.685. The van der Waals surface area contributed by atoms with E-state index in [-0.39, 0.29) is 20.4 Å². The van der Waals surface area contributed by atoms with Gasteiger partial charge in [0.2, 0.25) is 0 Å². The predicted octanol–water partition coefficient (Wildman–Crippen LogP) is 4.03. The number of hydrogen-bond acceptors (Lipinski definition) is 0. The first-order chi connectivity index (χ1) is 6.93. The van der Waals surface area contributed by atoms with Gasteiger partial charge in [0.25, 0.3) is 0 Å². The van der Waals surface area contributed by atoms with Gasteiger partial charge >= 0.3 is 0 Å². The summed E-state index contributed by atoms with van der Waals surface area (Å²) < 4.78 is 0. The molecule has 1 aromatic rings. The Morgan fingerprint density at radius 1 is 0.867 bits per heavy atom. The summed E-state index contributed by atoms with van der Waals surface area (Å²) in [4.78, 5) is 0. The van der Waals surface area contributed by atoms with E-state index in [0.29, 0.717) is 0 Å². The van der Waals surface area contributed by atoms with Crippen molar-refractivity contribution in [3.63, 3.8) is 0 Å². The van der Waals surface area contributed by atoms with E-state index in [2.05, 4.69) is 18.2 Å². The third kappa shape index (κ3) is 7.08. The van der Waals surface area contributed by atoms with Crippen molar-refractivity contribution in [3.8, 4) is 0 Å². The fraction of sp³-hybridized carbons (Fsp3) is 0.0714. The first-order valence-corrected chi connectivity index (χ1v) is 4.78. The molecule has 0 unspecified atom stereocenters. The van der Waals surface area contributed by atoms with Crippen molar-refractivity contribution >= 4 is 6.08 Å². The Bertz CT molecular complexity index is 310. The Morgan fingerprint density at radius 3 is 1.87 bits per heavy atom. The van der Waals surface area contributed by atoms with Crippen molar-refractivity contribution in [2.75, 3.05) is 0 Å². The SMILES string of the molecule is C/C=C/c1ccccc1.[CH]1C=CC=C1.[Pd]. The van der Waals surface area contributed by atoms with Crippen LogP contribution in [0.25, 0.3) is 6.08 Å². The zero-order valence-electron chi connectivity index (χ0n) is 8.74. The molecule has 15 heavy (non-hydrogen) atoms. The molecule has 0 bridgehead atoms. The summed E-state index contributed by atoms with van der Waals surface area (Å²) in [5.74, 6) is 0. The van der Waals surface area contributed by atoms with Gasteiger partial charge < -0.3 is 0 Å². The van der Waals surface area contributed by atoms with Gasteiger partial charge in [0.1, 0.15) is 0 Å². The van der Waals surface area contributed by atoms with E-state index in [4.69, 9.17) is 0 Å². The summed E-state index contributed by atoms with van der Waals surface area (Å²) in [6.45, 7) is 2.02. The second-order valence-electron chi connectivity index (χ2n) is 2.87. The standard InChI is InChI=1S/C9H10.C5H5.Pd/c1-2-6-9-7-4-3-5-8-9;1-2-4-5-3-1;/h2-8H,1H3;1-5H;/b6-2+;;. The summed E-state index contributed by atoms with van der Waals surface area (Å²) in [7, 11) is 0. The number of hydrogen-bond donors (Lipinski definition) is 0. The molecule has 0 saturated heterocycles. The molecule has 1 aromatic carbocycles. The average molecular weight is 290 g/mol. The van der Waals surface area contributed by atoms with E-state index >= 15 is 0 Å². The Morgan fingerprint density at radius 2 is 1.47 bits per heavy atom. The van der Waals surface area contributed by atoms with Crippen molar-refractivity contribution in [2.24, 2.45) is 0 Å². The molecule has 0 heterocycles. The van der Waals surface area contributed by atoms with Gasteiger partial charge in [-0.3, -0.25) is 0 Å². The van der Waals surface area contributed by atoms with Crippen LogP contribution < -0.4 is 0 Å². The molecule has 81 valence electrons. The van der Waals surface area contributed by atoms with E-state index in [1.165, 1.54) is 5.56 Å². The van der Waals surface area contributed by atoms with Crippen molar-refractivity contribution in [2.45, 2.75) is 6.92 Å². The maximum absolute atomic E-state index is 2.08. The number of rotatable bonds is 1. The van der Waals surface area contributed by atoms with Crippen molar-refractivity contribution in [3.05, 3.63) is 72.7 Å². The molecule has 0 aromatic heterocycles. The van der Waals surface area contributed by atoms with Crippen LogP contribution in [0.3, 0.4) is 0 Å². The zero-order chi connectivity index (χ0) is 10.1. The minimum Gasteiger partial charge on any atom is -0.0871 e. The van der Waals surface area contributed by atoms with Crippen molar-refractivity contribution in [1.82, 2.24) is 0 Å². The largest absolute Gasteiger partial charge is 0.0871 e. The molecule has 0 fully saturated rings. The Balaban J connectivity index is 0.000000280. The van der Waals surface area contributed by atoms with Crippen LogP contribution in [0.5, 0.6) is 0 Å². The molecule has 0 saturated carbocycles. The molecule has 0 nitrogen and oxygen atoms in total. The van der Waals surface area contributed by atoms with Gasteiger partial charge in [-0.25, -0.2) is 0 Å². The van der Waals surface area contributed by atoms with E-state index in [9.17, 15) is 0 Å². The van der Waals surface area contributed by atoms with Crippen LogP contribution in [-0.2, 0) is 20.4 Å². The minimum absolute atomic E-state index is 0. The van der Waals surface area contributed by atoms with Crippen LogP contribution >= 0.6 is 0 Å². The van der Waals surface area contributed by atoms with E-state index in [0.717, 1.165) is 0 Å². The molecule has 1 aliphatic rings. The van der Waals surface area contributed by atoms with Gasteiger partial charge in [-0.15, -0.1) is 0 Å². The molecule has 0 aliphatic heterocycles. The van der Waals surface area contributed by atoms with Gasteiger partial charge in [-0.1, -0.05) is 66.8 Å². The Hall–Kier alpha value is -0.898. The van der Waals surface area contributed by atoms with Crippen LogP contribution in [0.2, 0.25) is 0 Å². The molecule has 0 amide bonds. The minimum atomic E-state index is 0. The van der Waals surface area contributed by atoms with Crippen LogP contribution in [-0.4, -0.2) is 0 Å². The third-order valence-electron chi connectivity index (χ3n) is 1.71. The average Bonchev–Trinajstić information content (AvgIpc) is 2.78. The molecular formula is C14H15Pd. The monoisotopic (exact) mass is 289 g/mol. The van der Waals surface area contributed by atoms with Gasteiger partial charge in [0, 0.05) is 26.8 Å². The molecule has 1 heteroatoms. The van der Waals surface area contributed by atoms with E-state index < -0.39 is 0 Å². The third-order valence-corrected chi connectivity index (χ3v) is 1.71. The molecule has 0 N–H and O–H groups in total. The van der Waals surface area contributed by atoms with Crippen molar-refractivity contribution in [1.29, 1.82) is 0 Å². The summed E-state index contributed by atoms with van der Waals surface area (Å²) in [5.41, 5.74) is 1.26. The van der Waals surface area contributed by atoms with Crippen molar-refractivity contribution < 1.29 is 20.4 Å². The summed E-state index contributed by atoms with van der Waals surface area (Å²) in [5, 5.41) is 0. The molecular weight excluding hydrogens is 275 g/mol. The van der Waals surface area contributed by atoms with Gasteiger partial charge in [0.05, 0.1) is 0 Å². The van der Waals surface area contributed by atoms with E-state index in [1.807, 2.05) is 61.9 Å². The number of benzene rings is 1. The fourth-order valence-corrected chi connectivity index (χ4v) is 1.08. The maximum Gasteiger partial charge on any atom is 0.00506 e. The zero-order valence-corrected chi connectivity index (χ0v) is 10.3. The van der Waals surface area contributed by atoms with Gasteiger partial charge in [-0.2, -0.15) is 0 Å². The predicted molar refractivity (Wildman–Crippen MR) is 63.7 cm³/mol.